The van der Waals surface area contributed by atoms with Crippen LogP contribution in [0.1, 0.15) is 21.5 Å². The fraction of sp³-hybridized carbons (Fsp3) is 0.286. The Morgan fingerprint density at radius 3 is 2.69 bits per heavy atom. The molecule has 2 aromatic rings. The number of phenolic OH excluding ortho intramolecular Hbond substituents is 1. The van der Waals surface area contributed by atoms with Crippen molar-refractivity contribution < 1.29 is 19.6 Å². The minimum atomic E-state index is -0.486. The first kappa shape index (κ1) is 19.1. The number of carbonyl (C=O) groups is 1. The molecule has 0 aliphatic carbocycles. The molecule has 150 valence electrons. The van der Waals surface area contributed by atoms with E-state index in [-0.39, 0.29) is 23.0 Å². The summed E-state index contributed by atoms with van der Waals surface area (Å²) in [6.45, 7) is 4.09. The van der Waals surface area contributed by atoms with E-state index in [0.717, 1.165) is 26.2 Å². The first-order chi connectivity index (χ1) is 13.9. The van der Waals surface area contributed by atoms with E-state index in [1.54, 1.807) is 18.2 Å². The molecular weight excluding hydrogens is 374 g/mol. The van der Waals surface area contributed by atoms with Crippen LogP contribution in [-0.4, -0.2) is 58.8 Å². The molecule has 1 N–H and O–H groups in total. The quantitative estimate of drug-likeness (QED) is 0.483. The second kappa shape index (κ2) is 7.65. The first-order valence-electron chi connectivity index (χ1n) is 9.37. The number of piperazine rings is 1. The SMILES string of the molecule is CN1CCN(Cc2c(O)ccc3c2O/C(=C\c2cccc([N+](=O)[O-])c2)C3=O)CC1. The Bertz CT molecular complexity index is 1010. The lowest BCUT2D eigenvalue weighted by Gasteiger charge is -2.32. The molecule has 0 spiro atoms. The third-order valence-corrected chi connectivity index (χ3v) is 5.27. The maximum absolute atomic E-state index is 12.8. The van der Waals surface area contributed by atoms with Crippen LogP contribution in [0.25, 0.3) is 6.08 Å². The van der Waals surface area contributed by atoms with Gasteiger partial charge in [-0.2, -0.15) is 0 Å². The van der Waals surface area contributed by atoms with Crippen molar-refractivity contribution >= 4 is 17.5 Å². The molecule has 8 heteroatoms. The minimum absolute atomic E-state index is 0.0595. The summed E-state index contributed by atoms with van der Waals surface area (Å²) in [7, 11) is 2.07. The molecule has 29 heavy (non-hydrogen) atoms. The van der Waals surface area contributed by atoms with Gasteiger partial charge < -0.3 is 14.7 Å². The summed E-state index contributed by atoms with van der Waals surface area (Å²) >= 11 is 0. The summed E-state index contributed by atoms with van der Waals surface area (Å²) in [5.74, 6) is 0.245. The second-order valence-electron chi connectivity index (χ2n) is 7.31. The lowest BCUT2D eigenvalue weighted by atomic mass is 10.0. The van der Waals surface area contributed by atoms with Gasteiger partial charge in [0, 0.05) is 44.9 Å². The number of allylic oxidation sites excluding steroid dienone is 1. The Hall–Kier alpha value is -3.23. The highest BCUT2D eigenvalue weighted by Gasteiger charge is 2.32. The van der Waals surface area contributed by atoms with E-state index in [9.17, 15) is 20.0 Å². The Kier molecular flexibility index (Phi) is 5.04. The lowest BCUT2D eigenvalue weighted by molar-refractivity contribution is -0.384. The van der Waals surface area contributed by atoms with Gasteiger partial charge in [-0.25, -0.2) is 0 Å². The van der Waals surface area contributed by atoms with E-state index >= 15 is 0 Å². The number of hydrogen-bond donors (Lipinski definition) is 1. The topological polar surface area (TPSA) is 96.2 Å². The molecule has 0 atom stereocenters. The number of nitrogens with zero attached hydrogens (tertiary/aromatic N) is 3. The lowest BCUT2D eigenvalue weighted by Crippen LogP contribution is -2.43. The Labute approximate surface area is 167 Å². The number of non-ortho nitro benzene ring substituents is 1. The molecule has 1 saturated heterocycles. The maximum Gasteiger partial charge on any atom is 0.270 e. The molecule has 0 aromatic heterocycles. The molecule has 0 radical (unpaired) electrons. The van der Waals surface area contributed by atoms with E-state index in [1.807, 2.05) is 0 Å². The molecule has 0 unspecified atom stereocenters. The summed E-state index contributed by atoms with van der Waals surface area (Å²) < 4.78 is 5.84. The predicted molar refractivity (Wildman–Crippen MR) is 107 cm³/mol. The van der Waals surface area contributed by atoms with Crippen LogP contribution in [0.3, 0.4) is 0 Å². The molecule has 1 fully saturated rings. The zero-order chi connectivity index (χ0) is 20.5. The van der Waals surface area contributed by atoms with Crippen LogP contribution in [-0.2, 0) is 6.54 Å². The van der Waals surface area contributed by atoms with Gasteiger partial charge in [-0.3, -0.25) is 19.8 Å². The fourth-order valence-corrected chi connectivity index (χ4v) is 3.56. The van der Waals surface area contributed by atoms with Crippen molar-refractivity contribution in [2.75, 3.05) is 33.2 Å². The number of carbonyl (C=O) groups excluding carboxylic acids is 1. The predicted octanol–water partition coefficient (Wildman–Crippen LogP) is 2.66. The van der Waals surface area contributed by atoms with Crippen LogP contribution in [0.4, 0.5) is 5.69 Å². The van der Waals surface area contributed by atoms with Gasteiger partial charge >= 0.3 is 0 Å². The number of benzene rings is 2. The number of likely N-dealkylation sites (N-methyl/N-ethyl adjacent to an activating group) is 1. The Balaban J connectivity index is 1.62. The minimum Gasteiger partial charge on any atom is -0.507 e. The van der Waals surface area contributed by atoms with Crippen molar-refractivity contribution in [2.45, 2.75) is 6.54 Å². The highest BCUT2D eigenvalue weighted by molar-refractivity contribution is 6.15. The number of ketones is 1. The van der Waals surface area contributed by atoms with E-state index < -0.39 is 4.92 Å². The van der Waals surface area contributed by atoms with Gasteiger partial charge in [0.1, 0.15) is 11.5 Å². The number of nitro groups is 1. The number of ether oxygens (including phenoxy) is 1. The number of fused-ring (bicyclic) bond motifs is 1. The Morgan fingerprint density at radius 1 is 1.21 bits per heavy atom. The molecule has 2 aromatic carbocycles. The molecule has 2 heterocycles. The third kappa shape index (κ3) is 3.85. The maximum atomic E-state index is 12.8. The number of Topliss-reactive ketones (excluding diaryl/α,β-unsaturated/α-hetero) is 1. The molecular formula is C21H21N3O5. The smallest absolute Gasteiger partial charge is 0.270 e. The number of phenols is 1. The second-order valence-corrected chi connectivity index (χ2v) is 7.31. The Morgan fingerprint density at radius 2 is 1.97 bits per heavy atom. The van der Waals surface area contributed by atoms with Gasteiger partial charge in [0.05, 0.1) is 16.1 Å². The van der Waals surface area contributed by atoms with E-state index in [4.69, 9.17) is 4.74 Å². The van der Waals surface area contributed by atoms with Crippen LogP contribution in [0.2, 0.25) is 0 Å². The van der Waals surface area contributed by atoms with E-state index in [2.05, 4.69) is 16.8 Å². The molecule has 2 aliphatic rings. The highest BCUT2D eigenvalue weighted by atomic mass is 16.6. The number of nitro benzene ring substituents is 1. The van der Waals surface area contributed by atoms with Crippen molar-refractivity contribution in [3.8, 4) is 11.5 Å². The molecule has 0 bridgehead atoms. The van der Waals surface area contributed by atoms with Gasteiger partial charge in [0.15, 0.2) is 5.76 Å². The normalized spacial score (nSPS) is 18.7. The molecule has 0 amide bonds. The van der Waals surface area contributed by atoms with Crippen molar-refractivity contribution in [2.24, 2.45) is 0 Å². The van der Waals surface area contributed by atoms with Crippen LogP contribution >= 0.6 is 0 Å². The highest BCUT2D eigenvalue weighted by Crippen LogP contribution is 2.40. The standard InChI is InChI=1S/C21H21N3O5/c1-22-7-9-23(10-8-22)13-17-18(25)6-5-16-20(26)19(29-21(16)17)12-14-3-2-4-15(11-14)24(27)28/h2-6,11-12,25H,7-10,13H2,1H3/b19-12-. The molecule has 4 rings (SSSR count). The summed E-state index contributed by atoms with van der Waals surface area (Å²) in [6.07, 6.45) is 1.49. The van der Waals surface area contributed by atoms with Crippen molar-refractivity contribution in [3.05, 3.63) is 69.0 Å². The summed E-state index contributed by atoms with van der Waals surface area (Å²) in [6, 6.07) is 9.07. The van der Waals surface area contributed by atoms with Crippen LogP contribution in [0.5, 0.6) is 11.5 Å². The largest absolute Gasteiger partial charge is 0.507 e. The van der Waals surface area contributed by atoms with Crippen LogP contribution in [0.15, 0.2) is 42.2 Å². The zero-order valence-electron chi connectivity index (χ0n) is 16.0. The van der Waals surface area contributed by atoms with Crippen molar-refractivity contribution in [1.82, 2.24) is 9.80 Å². The van der Waals surface area contributed by atoms with Gasteiger partial charge in [0.25, 0.3) is 5.69 Å². The number of hydrogen-bond acceptors (Lipinski definition) is 7. The van der Waals surface area contributed by atoms with Gasteiger partial charge in [-0.15, -0.1) is 0 Å². The monoisotopic (exact) mass is 395 g/mol. The number of rotatable bonds is 4. The number of aromatic hydroxyl groups is 1. The summed E-state index contributed by atoms with van der Waals surface area (Å²) in [4.78, 5) is 27.7. The zero-order valence-corrected chi connectivity index (χ0v) is 16.0. The molecule has 2 aliphatic heterocycles. The van der Waals surface area contributed by atoms with E-state index in [0.29, 0.717) is 29.0 Å². The molecule has 0 saturated carbocycles. The van der Waals surface area contributed by atoms with Crippen molar-refractivity contribution in [3.63, 3.8) is 0 Å². The summed E-state index contributed by atoms with van der Waals surface area (Å²) in [5, 5.41) is 21.4. The fourth-order valence-electron chi connectivity index (χ4n) is 3.56. The van der Waals surface area contributed by atoms with E-state index in [1.165, 1.54) is 24.3 Å². The van der Waals surface area contributed by atoms with Crippen molar-refractivity contribution in [1.29, 1.82) is 0 Å². The van der Waals surface area contributed by atoms with Crippen LogP contribution in [0, 0.1) is 10.1 Å². The molecule has 8 nitrogen and oxygen atoms in total. The van der Waals surface area contributed by atoms with Gasteiger partial charge in [-0.1, -0.05) is 12.1 Å². The van der Waals surface area contributed by atoms with Gasteiger partial charge in [-0.05, 0) is 30.8 Å². The van der Waals surface area contributed by atoms with Crippen LogP contribution < -0.4 is 4.74 Å². The average Bonchev–Trinajstić information content (AvgIpc) is 3.01. The first-order valence-corrected chi connectivity index (χ1v) is 9.37. The average molecular weight is 395 g/mol. The summed E-state index contributed by atoms with van der Waals surface area (Å²) in [5.41, 5.74) is 1.42. The van der Waals surface area contributed by atoms with Gasteiger partial charge in [0.2, 0.25) is 5.78 Å². The third-order valence-electron chi connectivity index (χ3n) is 5.27.